The molecular formula is C23H24N4O4S3. The summed E-state index contributed by atoms with van der Waals surface area (Å²) in [5.74, 6) is -0.145. The van der Waals surface area contributed by atoms with Gasteiger partial charge in [-0.1, -0.05) is 53.4 Å². The van der Waals surface area contributed by atoms with Crippen LogP contribution in [0, 0.1) is 0 Å². The van der Waals surface area contributed by atoms with Crippen molar-refractivity contribution < 1.29 is 18.0 Å². The molecule has 34 heavy (non-hydrogen) atoms. The molecule has 1 fully saturated rings. The molecule has 1 aliphatic carbocycles. The third kappa shape index (κ3) is 5.84. The highest BCUT2D eigenvalue weighted by Crippen LogP contribution is 2.38. The molecule has 8 nitrogen and oxygen atoms in total. The van der Waals surface area contributed by atoms with Gasteiger partial charge in [-0.3, -0.25) is 9.59 Å². The number of carbonyl (C=O) groups excluding carboxylic acids is 2. The van der Waals surface area contributed by atoms with Gasteiger partial charge in [-0.15, -0.1) is 0 Å². The minimum atomic E-state index is -3.58. The fourth-order valence-corrected chi connectivity index (χ4v) is 5.80. The van der Waals surface area contributed by atoms with Crippen molar-refractivity contribution in [3.63, 3.8) is 0 Å². The summed E-state index contributed by atoms with van der Waals surface area (Å²) >= 11 is 2.63. The van der Waals surface area contributed by atoms with E-state index in [0.717, 1.165) is 22.7 Å². The molecule has 2 N–H and O–H groups in total. The van der Waals surface area contributed by atoms with Crippen LogP contribution >= 0.6 is 23.1 Å². The van der Waals surface area contributed by atoms with Crippen molar-refractivity contribution in [2.24, 2.45) is 0 Å². The van der Waals surface area contributed by atoms with E-state index in [2.05, 4.69) is 15.6 Å². The smallest absolute Gasteiger partial charge is 0.256 e. The van der Waals surface area contributed by atoms with Crippen molar-refractivity contribution in [3.05, 3.63) is 60.2 Å². The van der Waals surface area contributed by atoms with Crippen molar-refractivity contribution >= 4 is 49.9 Å². The van der Waals surface area contributed by atoms with Crippen LogP contribution < -0.4 is 10.6 Å². The summed E-state index contributed by atoms with van der Waals surface area (Å²) in [6.45, 7) is 0. The first-order valence-corrected chi connectivity index (χ1v) is 13.8. The average molecular weight is 517 g/mol. The van der Waals surface area contributed by atoms with Gasteiger partial charge < -0.3 is 10.6 Å². The number of carbonyl (C=O) groups is 2. The van der Waals surface area contributed by atoms with Crippen molar-refractivity contribution in [2.75, 3.05) is 25.2 Å². The van der Waals surface area contributed by atoms with Crippen LogP contribution in [0.15, 0.2) is 63.8 Å². The minimum absolute atomic E-state index is 0.0256. The summed E-state index contributed by atoms with van der Waals surface area (Å²) in [6.07, 6.45) is 2.06. The monoisotopic (exact) mass is 516 g/mol. The van der Waals surface area contributed by atoms with Gasteiger partial charge in [-0.2, -0.15) is 0 Å². The predicted molar refractivity (Wildman–Crippen MR) is 135 cm³/mol. The summed E-state index contributed by atoms with van der Waals surface area (Å²) in [7, 11) is -0.668. The lowest BCUT2D eigenvalue weighted by Gasteiger charge is -2.11. The van der Waals surface area contributed by atoms with E-state index in [1.165, 1.54) is 61.5 Å². The van der Waals surface area contributed by atoms with E-state index in [1.54, 1.807) is 0 Å². The number of aromatic nitrogens is 1. The molecule has 0 unspecified atom stereocenters. The van der Waals surface area contributed by atoms with Gasteiger partial charge in [-0.25, -0.2) is 17.7 Å². The number of thioether (sulfide) groups is 1. The summed E-state index contributed by atoms with van der Waals surface area (Å²) in [4.78, 5) is 29.8. The van der Waals surface area contributed by atoms with Gasteiger partial charge in [-0.05, 0) is 37.1 Å². The third-order valence-electron chi connectivity index (χ3n) is 5.05. The van der Waals surface area contributed by atoms with Gasteiger partial charge in [0.15, 0.2) is 4.34 Å². The van der Waals surface area contributed by atoms with Crippen LogP contribution in [0.25, 0.3) is 11.3 Å². The second-order valence-electron chi connectivity index (χ2n) is 7.92. The summed E-state index contributed by atoms with van der Waals surface area (Å²) in [5, 5.41) is 6.42. The first-order valence-electron chi connectivity index (χ1n) is 10.6. The van der Waals surface area contributed by atoms with Gasteiger partial charge in [0.05, 0.1) is 10.6 Å². The van der Waals surface area contributed by atoms with Crippen molar-refractivity contribution in [3.8, 4) is 11.3 Å². The maximum Gasteiger partial charge on any atom is 0.256 e. The molecule has 1 aromatic heterocycles. The van der Waals surface area contributed by atoms with Gasteiger partial charge >= 0.3 is 0 Å². The van der Waals surface area contributed by atoms with Crippen LogP contribution in [-0.4, -0.2) is 55.4 Å². The van der Waals surface area contributed by atoms with E-state index in [1.807, 2.05) is 30.3 Å². The molecule has 1 saturated carbocycles. The lowest BCUT2D eigenvalue weighted by Crippen LogP contribution is -2.26. The molecule has 0 spiro atoms. The lowest BCUT2D eigenvalue weighted by atomic mass is 10.1. The molecule has 0 aliphatic heterocycles. The third-order valence-corrected chi connectivity index (χ3v) is 8.99. The maximum absolute atomic E-state index is 12.9. The number of hydrogen-bond acceptors (Lipinski definition) is 7. The zero-order valence-corrected chi connectivity index (χ0v) is 21.1. The molecule has 178 valence electrons. The van der Waals surface area contributed by atoms with Crippen molar-refractivity contribution in [1.29, 1.82) is 0 Å². The Hall–Kier alpha value is -2.73. The van der Waals surface area contributed by atoms with Gasteiger partial charge in [0.25, 0.3) is 5.91 Å². The zero-order valence-electron chi connectivity index (χ0n) is 18.6. The van der Waals surface area contributed by atoms with Gasteiger partial charge in [0.1, 0.15) is 10.7 Å². The Labute approximate surface area is 206 Å². The van der Waals surface area contributed by atoms with Crippen LogP contribution in [0.1, 0.15) is 23.2 Å². The molecule has 1 heterocycles. The summed E-state index contributed by atoms with van der Waals surface area (Å²) in [6, 6.07) is 15.6. The molecule has 0 atom stereocenters. The zero-order chi connectivity index (χ0) is 24.3. The SMILES string of the molecule is CN(C)S(=O)(=O)c1ccc(C(=O)Nc2sc(SCC(=O)NC3CC3)nc2-c2ccccc2)cc1. The van der Waals surface area contributed by atoms with Crippen molar-refractivity contribution in [1.82, 2.24) is 14.6 Å². The molecule has 0 saturated heterocycles. The second-order valence-corrected chi connectivity index (χ2v) is 12.3. The van der Waals surface area contributed by atoms with E-state index in [-0.39, 0.29) is 22.5 Å². The van der Waals surface area contributed by atoms with Gasteiger partial charge in [0.2, 0.25) is 15.9 Å². The highest BCUT2D eigenvalue weighted by molar-refractivity contribution is 8.01. The van der Waals surface area contributed by atoms with E-state index in [9.17, 15) is 18.0 Å². The average Bonchev–Trinajstić information content (AvgIpc) is 3.55. The topological polar surface area (TPSA) is 108 Å². The molecule has 11 heteroatoms. The number of benzene rings is 2. The van der Waals surface area contributed by atoms with Crippen LogP contribution in [0.3, 0.4) is 0 Å². The number of sulfonamides is 1. The highest BCUT2D eigenvalue weighted by Gasteiger charge is 2.24. The number of nitrogens with one attached hydrogen (secondary N) is 2. The Morgan fingerprint density at radius 1 is 1.09 bits per heavy atom. The molecule has 3 aromatic rings. The van der Waals surface area contributed by atoms with Gasteiger partial charge in [0, 0.05) is 31.3 Å². The molecule has 1 aliphatic rings. The molecule has 2 aromatic carbocycles. The van der Waals surface area contributed by atoms with E-state index in [0.29, 0.717) is 26.6 Å². The Morgan fingerprint density at radius 3 is 2.38 bits per heavy atom. The lowest BCUT2D eigenvalue weighted by molar-refractivity contribution is -0.118. The van der Waals surface area contributed by atoms with Crippen LogP contribution in [0.4, 0.5) is 5.00 Å². The van der Waals surface area contributed by atoms with E-state index >= 15 is 0 Å². The normalized spacial score (nSPS) is 13.6. The number of thiazole rings is 1. The number of amides is 2. The first-order chi connectivity index (χ1) is 16.2. The Balaban J connectivity index is 1.53. The number of rotatable bonds is 9. The first kappa shape index (κ1) is 24.4. The minimum Gasteiger partial charge on any atom is -0.353 e. The largest absolute Gasteiger partial charge is 0.353 e. The van der Waals surface area contributed by atoms with E-state index in [4.69, 9.17) is 0 Å². The standard InChI is InChI=1S/C23H24N4O4S3/c1-27(2)34(30,31)18-12-8-16(9-13-18)21(29)26-22-20(15-6-4-3-5-7-15)25-23(33-22)32-14-19(28)24-17-10-11-17/h3-9,12-13,17H,10-11,14H2,1-2H3,(H,24,28)(H,26,29). The van der Waals surface area contributed by atoms with Crippen LogP contribution in [0.5, 0.6) is 0 Å². The number of anilines is 1. The molecular weight excluding hydrogens is 492 g/mol. The highest BCUT2D eigenvalue weighted by atomic mass is 32.2. The van der Waals surface area contributed by atoms with E-state index < -0.39 is 10.0 Å². The Kier molecular flexibility index (Phi) is 7.36. The maximum atomic E-state index is 12.9. The van der Waals surface area contributed by atoms with Crippen LogP contribution in [0.2, 0.25) is 0 Å². The summed E-state index contributed by atoms with van der Waals surface area (Å²) < 4.78 is 26.3. The fourth-order valence-electron chi connectivity index (χ4n) is 3.03. The molecule has 0 bridgehead atoms. The molecule has 0 radical (unpaired) electrons. The molecule has 4 rings (SSSR count). The second kappa shape index (κ2) is 10.3. The Morgan fingerprint density at radius 2 is 1.76 bits per heavy atom. The quantitative estimate of drug-likeness (QED) is 0.420. The number of hydrogen-bond donors (Lipinski definition) is 2. The Bertz CT molecular complexity index is 1290. The van der Waals surface area contributed by atoms with Crippen molar-refractivity contribution in [2.45, 2.75) is 28.1 Å². The fraction of sp³-hybridized carbons (Fsp3) is 0.261. The predicted octanol–water partition coefficient (Wildman–Crippen LogP) is 3.68. The van der Waals surface area contributed by atoms with Crippen LogP contribution in [-0.2, 0) is 14.8 Å². The molecule has 2 amide bonds. The number of nitrogens with zero attached hydrogens (tertiary/aromatic N) is 2. The summed E-state index contributed by atoms with van der Waals surface area (Å²) in [5.41, 5.74) is 1.79.